The molecule has 0 fully saturated rings. The Morgan fingerprint density at radius 1 is 1.19 bits per heavy atom. The van der Waals surface area contributed by atoms with Gasteiger partial charge in [0, 0.05) is 18.3 Å². The predicted octanol–water partition coefficient (Wildman–Crippen LogP) is -2.20. The Labute approximate surface area is 156 Å². The molecule has 0 spiro atoms. The minimum atomic E-state index is -4.53. The lowest BCUT2D eigenvalue weighted by Crippen LogP contribution is -2.55. The molecule has 0 aliphatic carbocycles. The van der Waals surface area contributed by atoms with Gasteiger partial charge in [-0.25, -0.2) is 4.98 Å². The van der Waals surface area contributed by atoms with Gasteiger partial charge < -0.3 is 36.0 Å². The quantitative estimate of drug-likeness (QED) is 0.214. The Morgan fingerprint density at radius 3 is 2.37 bits per heavy atom. The van der Waals surface area contributed by atoms with E-state index in [9.17, 15) is 18.9 Å². The van der Waals surface area contributed by atoms with Crippen LogP contribution in [0, 0.1) is 0 Å². The maximum Gasteiger partial charge on any atom is 0.347 e. The molecule has 152 valence electrons. The Kier molecular flexibility index (Phi) is 8.57. The fourth-order valence-electron chi connectivity index (χ4n) is 2.03. The third-order valence-corrected chi connectivity index (χ3v) is 4.71. The number of H-pyrrole nitrogens is 1. The maximum atomic E-state index is 12.4. The van der Waals surface area contributed by atoms with Gasteiger partial charge in [-0.3, -0.25) is 18.9 Å². The summed E-state index contributed by atoms with van der Waals surface area (Å²) in [6, 6.07) is -2.04. The molecule has 0 bridgehead atoms. The normalized spacial score (nSPS) is 14.7. The number of likely N-dealkylation sites (N-methyl/N-ethyl adjacent to an activating group) is 1. The van der Waals surface area contributed by atoms with E-state index in [2.05, 4.69) is 31.2 Å². The average Bonchev–Trinajstić information content (AvgIpc) is 3.06. The molecule has 0 aromatic carbocycles. The minimum Gasteiger partial charge on any atom is -0.348 e. The molecular formula is C14H25N6O6P. The summed E-state index contributed by atoms with van der Waals surface area (Å²) in [5.41, 5.74) is 0.533. The first-order valence-corrected chi connectivity index (χ1v) is 9.80. The van der Waals surface area contributed by atoms with Gasteiger partial charge in [0.2, 0.25) is 17.7 Å². The Bertz CT molecular complexity index is 690. The summed E-state index contributed by atoms with van der Waals surface area (Å²) in [5.74, 6) is -3.21. The van der Waals surface area contributed by atoms with Crippen molar-refractivity contribution in [2.45, 2.75) is 38.1 Å². The van der Waals surface area contributed by atoms with Gasteiger partial charge in [0.05, 0.1) is 12.9 Å². The van der Waals surface area contributed by atoms with Crippen LogP contribution in [0.5, 0.6) is 0 Å². The molecule has 0 aliphatic heterocycles. The molecule has 12 nitrogen and oxygen atoms in total. The van der Waals surface area contributed by atoms with Crippen LogP contribution in [0.3, 0.4) is 0 Å². The zero-order chi connectivity index (χ0) is 20.6. The fraction of sp³-hybridized carbons (Fsp3) is 0.571. The lowest BCUT2D eigenvalue weighted by atomic mass is 10.1. The molecule has 1 rings (SSSR count). The fourth-order valence-corrected chi connectivity index (χ4v) is 2.33. The summed E-state index contributed by atoms with van der Waals surface area (Å²) in [5, 5.41) is 9.76. The molecule has 1 aromatic heterocycles. The van der Waals surface area contributed by atoms with Crippen LogP contribution in [0.15, 0.2) is 12.5 Å². The predicted molar refractivity (Wildman–Crippen MR) is 95.4 cm³/mol. The number of amides is 3. The van der Waals surface area contributed by atoms with E-state index < -0.39 is 43.2 Å². The van der Waals surface area contributed by atoms with Crippen molar-refractivity contribution in [2.24, 2.45) is 0 Å². The first kappa shape index (κ1) is 22.8. The molecule has 0 radical (unpaired) electrons. The van der Waals surface area contributed by atoms with Gasteiger partial charge in [0.25, 0.3) is 0 Å². The number of rotatable bonds is 10. The molecule has 0 saturated carbocycles. The third-order valence-electron chi connectivity index (χ3n) is 3.58. The number of hydrogen-bond donors (Lipinski definition) is 7. The highest BCUT2D eigenvalue weighted by molar-refractivity contribution is 7.52. The molecule has 3 amide bonds. The van der Waals surface area contributed by atoms with Crippen molar-refractivity contribution in [1.82, 2.24) is 31.2 Å². The standard InChI is InChI=1S/C14H25N6O6P/c1-8(18-12(21)6-15-3)13(22)20-11(4-10-5-16-7-17-10)14(23)19-9(2)27(24,25)26/h5,7-9,11,15H,4,6H2,1-3H3,(H,16,17)(H,18,21)(H,19,23)(H,20,22)(H2,24,25,26)/t8-,9+,11-/m0/s1. The number of nitrogens with zero attached hydrogens (tertiary/aromatic N) is 1. The number of aromatic amines is 1. The topological polar surface area (TPSA) is 186 Å². The number of imidazole rings is 1. The lowest BCUT2D eigenvalue weighted by Gasteiger charge is -2.23. The Morgan fingerprint density at radius 2 is 1.85 bits per heavy atom. The summed E-state index contributed by atoms with van der Waals surface area (Å²) in [6.07, 6.45) is 2.87. The minimum absolute atomic E-state index is 0.0165. The van der Waals surface area contributed by atoms with E-state index in [-0.39, 0.29) is 13.0 Å². The highest BCUT2D eigenvalue weighted by Gasteiger charge is 2.30. The van der Waals surface area contributed by atoms with Crippen molar-refractivity contribution in [2.75, 3.05) is 13.6 Å². The van der Waals surface area contributed by atoms with Crippen molar-refractivity contribution in [1.29, 1.82) is 0 Å². The van der Waals surface area contributed by atoms with Crippen LogP contribution in [0.25, 0.3) is 0 Å². The lowest BCUT2D eigenvalue weighted by molar-refractivity contribution is -0.131. The summed E-state index contributed by atoms with van der Waals surface area (Å²) in [7, 11) is -2.95. The van der Waals surface area contributed by atoms with Gasteiger partial charge in [-0.1, -0.05) is 0 Å². The first-order valence-electron chi connectivity index (χ1n) is 8.11. The van der Waals surface area contributed by atoms with E-state index in [1.165, 1.54) is 19.4 Å². The zero-order valence-electron chi connectivity index (χ0n) is 15.2. The van der Waals surface area contributed by atoms with Crippen LogP contribution in [-0.4, -0.2) is 68.9 Å². The van der Waals surface area contributed by atoms with Crippen molar-refractivity contribution in [3.05, 3.63) is 18.2 Å². The van der Waals surface area contributed by atoms with Crippen LogP contribution >= 0.6 is 7.60 Å². The van der Waals surface area contributed by atoms with Gasteiger partial charge in [-0.05, 0) is 20.9 Å². The second-order valence-electron chi connectivity index (χ2n) is 5.94. The molecule has 1 aromatic rings. The molecule has 0 aliphatic rings. The SMILES string of the molecule is CNCC(=O)N[C@@H](C)C(=O)N[C@@H](Cc1cnc[nH]1)C(=O)N[C@@H](C)P(=O)(O)O. The number of carbonyl (C=O) groups excluding carboxylic acids is 3. The van der Waals surface area contributed by atoms with Crippen molar-refractivity contribution < 1.29 is 28.7 Å². The average molecular weight is 404 g/mol. The third kappa shape index (κ3) is 7.87. The number of carbonyl (C=O) groups is 3. The van der Waals surface area contributed by atoms with Crippen LogP contribution in [0.1, 0.15) is 19.5 Å². The van der Waals surface area contributed by atoms with E-state index in [0.29, 0.717) is 5.69 Å². The molecular weight excluding hydrogens is 379 g/mol. The van der Waals surface area contributed by atoms with E-state index >= 15 is 0 Å². The van der Waals surface area contributed by atoms with Crippen LogP contribution in [-0.2, 0) is 25.4 Å². The van der Waals surface area contributed by atoms with Crippen LogP contribution in [0.4, 0.5) is 0 Å². The molecule has 7 N–H and O–H groups in total. The molecule has 27 heavy (non-hydrogen) atoms. The number of aromatic nitrogens is 2. The van der Waals surface area contributed by atoms with Gasteiger partial charge in [0.15, 0.2) is 0 Å². The summed E-state index contributed by atoms with van der Waals surface area (Å²) in [4.78, 5) is 61.1. The highest BCUT2D eigenvalue weighted by Crippen LogP contribution is 2.39. The largest absolute Gasteiger partial charge is 0.348 e. The van der Waals surface area contributed by atoms with Crippen LogP contribution < -0.4 is 21.3 Å². The maximum absolute atomic E-state index is 12.4. The summed E-state index contributed by atoms with van der Waals surface area (Å²) < 4.78 is 11.2. The van der Waals surface area contributed by atoms with Crippen molar-refractivity contribution >= 4 is 25.3 Å². The van der Waals surface area contributed by atoms with Crippen LogP contribution in [0.2, 0.25) is 0 Å². The van der Waals surface area contributed by atoms with E-state index in [1.54, 1.807) is 7.05 Å². The molecule has 0 unspecified atom stereocenters. The van der Waals surface area contributed by atoms with Gasteiger partial charge in [0.1, 0.15) is 17.9 Å². The Hall–Kier alpha value is -2.27. The van der Waals surface area contributed by atoms with E-state index in [4.69, 9.17) is 9.79 Å². The molecule has 3 atom stereocenters. The summed E-state index contributed by atoms with van der Waals surface area (Å²) in [6.45, 7) is 2.64. The van der Waals surface area contributed by atoms with Crippen molar-refractivity contribution in [3.63, 3.8) is 0 Å². The Balaban J connectivity index is 2.82. The van der Waals surface area contributed by atoms with E-state index in [0.717, 1.165) is 6.92 Å². The number of nitrogens with one attached hydrogen (secondary N) is 5. The zero-order valence-corrected chi connectivity index (χ0v) is 16.1. The van der Waals surface area contributed by atoms with Gasteiger partial charge >= 0.3 is 7.60 Å². The first-order chi connectivity index (χ1) is 12.5. The van der Waals surface area contributed by atoms with Crippen molar-refractivity contribution in [3.8, 4) is 0 Å². The second kappa shape index (κ2) is 10.2. The smallest absolute Gasteiger partial charge is 0.347 e. The molecule has 1 heterocycles. The van der Waals surface area contributed by atoms with Gasteiger partial charge in [-0.15, -0.1) is 0 Å². The van der Waals surface area contributed by atoms with E-state index in [1.807, 2.05) is 0 Å². The molecule has 13 heteroatoms. The highest BCUT2D eigenvalue weighted by atomic mass is 31.2. The van der Waals surface area contributed by atoms with Gasteiger partial charge in [-0.2, -0.15) is 0 Å². The molecule has 0 saturated heterocycles. The second-order valence-corrected chi connectivity index (χ2v) is 7.89. The summed E-state index contributed by atoms with van der Waals surface area (Å²) >= 11 is 0. The monoisotopic (exact) mass is 404 g/mol. The number of hydrogen-bond acceptors (Lipinski definition) is 6.